The van der Waals surface area contributed by atoms with Gasteiger partial charge in [0.25, 0.3) is 5.91 Å². The topological polar surface area (TPSA) is 77.7 Å². The van der Waals surface area contributed by atoms with Crippen molar-refractivity contribution in [3.05, 3.63) is 76.6 Å². The summed E-state index contributed by atoms with van der Waals surface area (Å²) in [5, 5.41) is 8.50. The molecule has 2 aromatic carbocycles. The van der Waals surface area contributed by atoms with Gasteiger partial charge in [-0.2, -0.15) is 10.2 Å². The van der Waals surface area contributed by atoms with Gasteiger partial charge in [-0.1, -0.05) is 12.1 Å². The normalized spacial score (nSPS) is 12.5. The number of fused-ring (bicyclic) bond motifs is 1. The monoisotopic (exact) mass is 376 g/mol. The van der Waals surface area contributed by atoms with E-state index in [1.165, 1.54) is 0 Å². The van der Waals surface area contributed by atoms with Crippen LogP contribution in [0.15, 0.2) is 53.6 Å². The fraction of sp³-hybridized carbons (Fsp3) is 0.190. The molecular formula is C21H20N4O3. The van der Waals surface area contributed by atoms with E-state index < -0.39 is 0 Å². The van der Waals surface area contributed by atoms with Crippen LogP contribution in [0, 0.1) is 13.8 Å². The van der Waals surface area contributed by atoms with Crippen molar-refractivity contribution in [3.63, 3.8) is 0 Å². The lowest BCUT2D eigenvalue weighted by Gasteiger charge is -2.07. The number of rotatable bonds is 5. The molecule has 1 aromatic heterocycles. The standard InChI is InChI=1S/C21H20N4O3/c1-14-8-15(2)25(24-14)12-17-4-3-5-18(9-17)21(26)23-22-11-16-6-7-19-20(10-16)28-13-27-19/h3-11H,12-13H2,1-2H3,(H,23,26)/b22-11-. The molecule has 7 nitrogen and oxygen atoms in total. The highest BCUT2D eigenvalue weighted by molar-refractivity contribution is 5.95. The fourth-order valence-electron chi connectivity index (χ4n) is 3.04. The lowest BCUT2D eigenvalue weighted by molar-refractivity contribution is 0.0955. The van der Waals surface area contributed by atoms with Gasteiger partial charge in [0.15, 0.2) is 11.5 Å². The van der Waals surface area contributed by atoms with E-state index in [0.29, 0.717) is 23.6 Å². The molecule has 2 heterocycles. The van der Waals surface area contributed by atoms with Gasteiger partial charge in [-0.25, -0.2) is 5.43 Å². The Hall–Kier alpha value is -3.61. The second-order valence-electron chi connectivity index (χ2n) is 6.60. The largest absolute Gasteiger partial charge is 0.454 e. The summed E-state index contributed by atoms with van der Waals surface area (Å²) in [6.45, 7) is 4.81. The second-order valence-corrected chi connectivity index (χ2v) is 6.60. The third kappa shape index (κ3) is 3.88. The molecule has 0 bridgehead atoms. The van der Waals surface area contributed by atoms with Crippen LogP contribution in [-0.2, 0) is 6.54 Å². The molecule has 0 aliphatic carbocycles. The number of nitrogens with one attached hydrogen (secondary N) is 1. The molecule has 1 aliphatic rings. The van der Waals surface area contributed by atoms with Crippen molar-refractivity contribution >= 4 is 12.1 Å². The van der Waals surface area contributed by atoms with Crippen LogP contribution in [0.5, 0.6) is 11.5 Å². The Morgan fingerprint density at radius 1 is 1.18 bits per heavy atom. The minimum atomic E-state index is -0.271. The van der Waals surface area contributed by atoms with Crippen LogP contribution in [0.2, 0.25) is 0 Å². The van der Waals surface area contributed by atoms with Crippen molar-refractivity contribution < 1.29 is 14.3 Å². The number of benzene rings is 2. The molecule has 0 saturated carbocycles. The summed E-state index contributed by atoms with van der Waals surface area (Å²) < 4.78 is 12.5. The zero-order valence-electron chi connectivity index (χ0n) is 15.7. The summed E-state index contributed by atoms with van der Waals surface area (Å²) in [5.41, 5.74) is 6.97. The van der Waals surface area contributed by atoms with Crippen molar-refractivity contribution in [1.82, 2.24) is 15.2 Å². The molecule has 0 atom stereocenters. The van der Waals surface area contributed by atoms with E-state index in [0.717, 1.165) is 22.5 Å². The quantitative estimate of drug-likeness (QED) is 0.548. The van der Waals surface area contributed by atoms with E-state index in [4.69, 9.17) is 9.47 Å². The Balaban J connectivity index is 1.41. The second kappa shape index (κ2) is 7.56. The van der Waals surface area contributed by atoms with Crippen LogP contribution in [0.3, 0.4) is 0 Å². The van der Waals surface area contributed by atoms with Crippen molar-refractivity contribution in [2.75, 3.05) is 6.79 Å². The molecule has 0 saturated heterocycles. The average molecular weight is 376 g/mol. The van der Waals surface area contributed by atoms with E-state index in [1.54, 1.807) is 12.3 Å². The summed E-state index contributed by atoms with van der Waals surface area (Å²) >= 11 is 0. The van der Waals surface area contributed by atoms with Crippen molar-refractivity contribution in [3.8, 4) is 11.5 Å². The molecule has 1 aliphatic heterocycles. The molecule has 7 heteroatoms. The maximum Gasteiger partial charge on any atom is 0.271 e. The maximum atomic E-state index is 12.4. The number of carbonyl (C=O) groups is 1. The molecule has 1 N–H and O–H groups in total. The Labute approximate surface area is 162 Å². The summed E-state index contributed by atoms with van der Waals surface area (Å²) in [5.74, 6) is 1.11. The van der Waals surface area contributed by atoms with Crippen molar-refractivity contribution in [1.29, 1.82) is 0 Å². The predicted octanol–water partition coefficient (Wildman–Crippen LogP) is 3.04. The number of carbonyl (C=O) groups excluding carboxylic acids is 1. The van der Waals surface area contributed by atoms with E-state index in [9.17, 15) is 4.79 Å². The average Bonchev–Trinajstić information content (AvgIpc) is 3.27. The first kappa shape index (κ1) is 17.8. The number of aromatic nitrogens is 2. The first-order valence-corrected chi connectivity index (χ1v) is 8.91. The summed E-state index contributed by atoms with van der Waals surface area (Å²) in [6, 6.07) is 14.9. The minimum absolute atomic E-state index is 0.223. The van der Waals surface area contributed by atoms with E-state index in [1.807, 2.05) is 61.0 Å². The number of hydrazone groups is 1. The molecule has 28 heavy (non-hydrogen) atoms. The van der Waals surface area contributed by atoms with Gasteiger partial charge in [0.05, 0.1) is 18.5 Å². The van der Waals surface area contributed by atoms with Gasteiger partial charge in [0.2, 0.25) is 6.79 Å². The Morgan fingerprint density at radius 3 is 2.86 bits per heavy atom. The molecular weight excluding hydrogens is 356 g/mol. The highest BCUT2D eigenvalue weighted by Gasteiger charge is 2.12. The zero-order valence-corrected chi connectivity index (χ0v) is 15.7. The van der Waals surface area contributed by atoms with Crippen LogP contribution >= 0.6 is 0 Å². The number of hydrogen-bond acceptors (Lipinski definition) is 5. The summed E-state index contributed by atoms with van der Waals surface area (Å²) in [6.07, 6.45) is 1.57. The molecule has 142 valence electrons. The number of amides is 1. The smallest absolute Gasteiger partial charge is 0.271 e. The third-order valence-electron chi connectivity index (χ3n) is 4.40. The molecule has 0 radical (unpaired) electrons. The van der Waals surface area contributed by atoms with Gasteiger partial charge < -0.3 is 9.47 Å². The van der Waals surface area contributed by atoms with Crippen molar-refractivity contribution in [2.24, 2.45) is 5.10 Å². The van der Waals surface area contributed by atoms with Gasteiger partial charge in [-0.05, 0) is 61.4 Å². The van der Waals surface area contributed by atoms with Crippen LogP contribution in [0.25, 0.3) is 0 Å². The number of hydrogen-bond donors (Lipinski definition) is 1. The van der Waals surface area contributed by atoms with E-state index >= 15 is 0 Å². The van der Waals surface area contributed by atoms with Gasteiger partial charge in [-0.3, -0.25) is 9.48 Å². The van der Waals surface area contributed by atoms with Gasteiger partial charge in [-0.15, -0.1) is 0 Å². The minimum Gasteiger partial charge on any atom is -0.454 e. The van der Waals surface area contributed by atoms with Crippen LogP contribution in [0.1, 0.15) is 32.9 Å². The molecule has 3 aromatic rings. The van der Waals surface area contributed by atoms with Gasteiger partial charge in [0.1, 0.15) is 0 Å². The first-order valence-electron chi connectivity index (χ1n) is 8.91. The molecule has 0 spiro atoms. The zero-order chi connectivity index (χ0) is 19.5. The fourth-order valence-corrected chi connectivity index (χ4v) is 3.04. The molecule has 4 rings (SSSR count). The van der Waals surface area contributed by atoms with E-state index in [2.05, 4.69) is 15.6 Å². The SMILES string of the molecule is Cc1cc(C)n(Cc2cccc(C(=O)N/N=C\c3ccc4c(c3)OCO4)c2)n1. The highest BCUT2D eigenvalue weighted by atomic mass is 16.7. The number of nitrogens with zero attached hydrogens (tertiary/aromatic N) is 3. The highest BCUT2D eigenvalue weighted by Crippen LogP contribution is 2.31. The van der Waals surface area contributed by atoms with Crippen molar-refractivity contribution in [2.45, 2.75) is 20.4 Å². The number of aryl methyl sites for hydroxylation is 2. The molecule has 1 amide bonds. The molecule has 0 fully saturated rings. The van der Waals surface area contributed by atoms with Crippen LogP contribution in [0.4, 0.5) is 0 Å². The third-order valence-corrected chi connectivity index (χ3v) is 4.40. The van der Waals surface area contributed by atoms with Gasteiger partial charge in [0, 0.05) is 11.3 Å². The van der Waals surface area contributed by atoms with E-state index in [-0.39, 0.29) is 12.7 Å². The Kier molecular flexibility index (Phi) is 4.80. The lowest BCUT2D eigenvalue weighted by atomic mass is 10.1. The Morgan fingerprint density at radius 2 is 2.04 bits per heavy atom. The van der Waals surface area contributed by atoms with Gasteiger partial charge >= 0.3 is 0 Å². The van der Waals surface area contributed by atoms with Crippen LogP contribution in [-0.4, -0.2) is 28.7 Å². The predicted molar refractivity (Wildman–Crippen MR) is 105 cm³/mol. The maximum absolute atomic E-state index is 12.4. The summed E-state index contributed by atoms with van der Waals surface area (Å²) in [4.78, 5) is 12.4. The number of ether oxygens (including phenoxy) is 2. The molecule has 0 unspecified atom stereocenters. The van der Waals surface area contributed by atoms with Crippen LogP contribution < -0.4 is 14.9 Å². The lowest BCUT2D eigenvalue weighted by Crippen LogP contribution is -2.18. The summed E-state index contributed by atoms with van der Waals surface area (Å²) in [7, 11) is 0. The Bertz CT molecular complexity index is 1060. The first-order chi connectivity index (χ1) is 13.6.